The first-order valence-electron chi connectivity index (χ1n) is 1.92. The topological polar surface area (TPSA) is 116 Å². The first-order valence-corrected chi connectivity index (χ1v) is 1.92. The van der Waals surface area contributed by atoms with Gasteiger partial charge in [-0.1, -0.05) is 0 Å². The molecule has 0 heterocycles. The van der Waals surface area contributed by atoms with Gasteiger partial charge in [0.15, 0.2) is 17.5 Å². The van der Waals surface area contributed by atoms with Crippen LogP contribution in [0.2, 0.25) is 0 Å². The molecule has 0 fully saturated rings. The second kappa shape index (κ2) is 5.74. The second-order valence-electron chi connectivity index (χ2n) is 1.12. The molecule has 11 heavy (non-hydrogen) atoms. The van der Waals surface area contributed by atoms with Crippen LogP contribution in [-0.2, 0) is 4.84 Å². The van der Waals surface area contributed by atoms with Crippen LogP contribution in [0.5, 0.6) is 0 Å². The average molecular weight is 164 g/mol. The third-order valence-electron chi connectivity index (χ3n) is 0.601. The monoisotopic (exact) mass is 164 g/mol. The quantitative estimate of drug-likeness (QED) is 0.318. The van der Waals surface area contributed by atoms with Crippen LogP contribution < -0.4 is 0 Å². The van der Waals surface area contributed by atoms with Crippen molar-refractivity contribution in [1.82, 2.24) is 0 Å². The van der Waals surface area contributed by atoms with E-state index >= 15 is 0 Å². The molecule has 7 nitrogen and oxygen atoms in total. The zero-order valence-electron chi connectivity index (χ0n) is 4.51. The van der Waals surface area contributed by atoms with Crippen LogP contribution in [0, 0.1) is 32.5 Å². The van der Waals surface area contributed by atoms with Crippen molar-refractivity contribution in [2.24, 2.45) is 10.5 Å². The zero-order chi connectivity index (χ0) is 8.04. The molecule has 0 saturated heterocycles. The Morgan fingerprint density at radius 1 is 1.27 bits per heavy atom. The maximum absolute atomic E-state index is 9.66. The Labute approximate surface area is 83.1 Å². The van der Waals surface area contributed by atoms with Gasteiger partial charge >= 0.3 is 35.3 Å². The average Bonchev–Trinajstić information content (AvgIpc) is 2.01. The third-order valence-corrected chi connectivity index (χ3v) is 0.601. The van der Waals surface area contributed by atoms with E-state index in [-0.39, 0.29) is 29.6 Å². The molecule has 0 aromatic rings. The van der Waals surface area contributed by atoms with Crippen molar-refractivity contribution in [2.75, 3.05) is 0 Å². The molecule has 0 aromatic heterocycles. The molecule has 0 N–H and O–H groups in total. The molecule has 8 heteroatoms. The second-order valence-corrected chi connectivity index (χ2v) is 1.12. The van der Waals surface area contributed by atoms with Gasteiger partial charge in [-0.3, -0.25) is 4.84 Å². The molecule has 0 aromatic carbocycles. The van der Waals surface area contributed by atoms with Crippen molar-refractivity contribution in [1.29, 1.82) is 10.5 Å². The molecule has 0 atom stereocenters. The van der Waals surface area contributed by atoms with Gasteiger partial charge in [0, 0.05) is 5.18 Å². The van der Waals surface area contributed by atoms with Gasteiger partial charge < -0.3 is 0 Å². The Kier molecular flexibility index (Phi) is 6.60. The summed E-state index contributed by atoms with van der Waals surface area (Å²) >= 11 is 0. The molecule has 0 saturated carbocycles. The summed E-state index contributed by atoms with van der Waals surface area (Å²) in [4.78, 5) is 22.5. The predicted octanol–water partition coefficient (Wildman–Crippen LogP) is -0.454. The van der Waals surface area contributed by atoms with Crippen LogP contribution in [0.15, 0.2) is 10.5 Å². The number of nitroso groups, excluding NO2 is 1. The summed E-state index contributed by atoms with van der Waals surface area (Å²) in [6, 6.07) is 2.12. The van der Waals surface area contributed by atoms with Crippen molar-refractivity contribution < 1.29 is 4.84 Å². The molecule has 0 radical (unpaired) electrons. The third kappa shape index (κ3) is 3.05. The molecular weight excluding hydrogens is 163 g/mol. The minimum absolute atomic E-state index is 0. The molecule has 0 amide bonds. The van der Waals surface area contributed by atoms with Crippen molar-refractivity contribution in [3.63, 3.8) is 0 Å². The molecule has 0 bridgehead atoms. The fourth-order valence-corrected chi connectivity index (χ4v) is 0.177. The fourth-order valence-electron chi connectivity index (χ4n) is 0.177. The Bertz CT molecular complexity index is 214. The van der Waals surface area contributed by atoms with Crippen LogP contribution in [0.3, 0.4) is 0 Å². The summed E-state index contributed by atoms with van der Waals surface area (Å²) in [7, 11) is 0. The molecule has 0 unspecified atom stereocenters. The van der Waals surface area contributed by atoms with Crippen molar-refractivity contribution in [2.45, 2.75) is 5.72 Å². The van der Waals surface area contributed by atoms with E-state index < -0.39 is 5.72 Å². The number of hydrogen-bond acceptors (Lipinski definition) is 7. The number of rotatable bonds is 3. The van der Waals surface area contributed by atoms with Crippen molar-refractivity contribution in [3.05, 3.63) is 9.81 Å². The van der Waals surface area contributed by atoms with Crippen LogP contribution >= 0.6 is 0 Å². The number of nitrogens with zero attached hydrogens (tertiary/aromatic N) is 4. The Balaban J connectivity index is 0. The van der Waals surface area contributed by atoms with E-state index in [9.17, 15) is 9.81 Å². The molecule has 0 aliphatic heterocycles. The SMILES string of the molecule is N#CC(C#N)(N=O)ON=O.[NaH]. The van der Waals surface area contributed by atoms with Crippen LogP contribution in [0.25, 0.3) is 0 Å². The van der Waals surface area contributed by atoms with Gasteiger partial charge in [-0.25, -0.2) is 0 Å². The molecule has 0 spiro atoms. The van der Waals surface area contributed by atoms with Gasteiger partial charge in [0.25, 0.3) is 0 Å². The van der Waals surface area contributed by atoms with E-state index in [0.29, 0.717) is 0 Å². The van der Waals surface area contributed by atoms with Gasteiger partial charge in [0.1, 0.15) is 0 Å². The number of hydrogen-bond donors (Lipinski definition) is 0. The predicted molar refractivity (Wildman–Crippen MR) is 33.8 cm³/mol. The minimum atomic E-state index is -2.62. The van der Waals surface area contributed by atoms with E-state index in [0.717, 1.165) is 12.1 Å². The van der Waals surface area contributed by atoms with Crippen LogP contribution in [0.4, 0.5) is 0 Å². The Hall–Kier alpha value is -1.02. The summed E-state index contributed by atoms with van der Waals surface area (Å²) in [6.45, 7) is 0. The van der Waals surface area contributed by atoms with E-state index in [1.165, 1.54) is 0 Å². The van der Waals surface area contributed by atoms with Crippen molar-refractivity contribution in [3.8, 4) is 12.1 Å². The van der Waals surface area contributed by atoms with Gasteiger partial charge in [0.2, 0.25) is 0 Å². The van der Waals surface area contributed by atoms with Crippen molar-refractivity contribution >= 4 is 29.6 Å². The Morgan fingerprint density at radius 2 is 1.73 bits per heavy atom. The molecule has 52 valence electrons. The fraction of sp³-hybridized carbons (Fsp3) is 0.333. The standard InChI is InChI=1S/C3N4O3.Na.H/c4-1-3(2-5,6-8)10-7-9;;. The van der Waals surface area contributed by atoms with Gasteiger partial charge in [-0.15, -0.1) is 9.81 Å². The first kappa shape index (κ1) is 12.6. The first-order chi connectivity index (χ1) is 4.74. The maximum atomic E-state index is 9.66. The summed E-state index contributed by atoms with van der Waals surface area (Å²) in [6.07, 6.45) is 0. The molecule has 0 aliphatic carbocycles. The van der Waals surface area contributed by atoms with Crippen LogP contribution in [-0.4, -0.2) is 35.3 Å². The van der Waals surface area contributed by atoms with Gasteiger partial charge in [-0.2, -0.15) is 10.5 Å². The molecule has 0 aliphatic rings. The van der Waals surface area contributed by atoms with E-state index in [4.69, 9.17) is 10.5 Å². The zero-order valence-corrected chi connectivity index (χ0v) is 4.51. The normalized spacial score (nSPS) is 7.82. The van der Waals surface area contributed by atoms with E-state index in [1.807, 2.05) is 5.18 Å². The molecular formula is C3HN4NaO3. The van der Waals surface area contributed by atoms with E-state index in [1.54, 1.807) is 5.34 Å². The molecule has 0 rings (SSSR count). The van der Waals surface area contributed by atoms with Gasteiger partial charge in [0.05, 0.1) is 0 Å². The summed E-state index contributed by atoms with van der Waals surface area (Å²) in [5.74, 6) is 0. The summed E-state index contributed by atoms with van der Waals surface area (Å²) in [5.41, 5.74) is -2.62. The summed E-state index contributed by atoms with van der Waals surface area (Å²) in [5, 5.41) is 19.7. The Morgan fingerprint density at radius 3 is 1.82 bits per heavy atom. The van der Waals surface area contributed by atoms with Gasteiger partial charge in [-0.05, 0) is 0 Å². The summed E-state index contributed by atoms with van der Waals surface area (Å²) < 4.78 is 0. The van der Waals surface area contributed by atoms with Crippen LogP contribution in [0.1, 0.15) is 0 Å². The van der Waals surface area contributed by atoms with E-state index in [2.05, 4.69) is 4.84 Å². The number of nitriles is 2.